The quantitative estimate of drug-likeness (QED) is 0.0261. The van der Waals surface area contributed by atoms with E-state index in [1.807, 2.05) is 0 Å². The van der Waals surface area contributed by atoms with Crippen LogP contribution in [-0.2, 0) is 28.6 Å². The maximum Gasteiger partial charge on any atom is 0.306 e. The number of hydrogen-bond donors (Lipinski definition) is 0. The van der Waals surface area contributed by atoms with Gasteiger partial charge in [0.2, 0.25) is 0 Å². The summed E-state index contributed by atoms with van der Waals surface area (Å²) >= 11 is 0. The lowest BCUT2D eigenvalue weighted by molar-refractivity contribution is -0.167. The van der Waals surface area contributed by atoms with Crippen molar-refractivity contribution in [2.45, 2.75) is 309 Å². The van der Waals surface area contributed by atoms with Crippen LogP contribution in [0, 0.1) is 0 Å². The Morgan fingerprint density at radius 1 is 0.288 bits per heavy atom. The zero-order chi connectivity index (χ0) is 52.9. The van der Waals surface area contributed by atoms with E-state index in [0.29, 0.717) is 19.3 Å². The first-order valence-corrected chi connectivity index (χ1v) is 31.1. The molecule has 0 heterocycles. The Balaban J connectivity index is 4.30. The normalized spacial score (nSPS) is 12.6. The van der Waals surface area contributed by atoms with Crippen LogP contribution in [0.1, 0.15) is 303 Å². The number of esters is 3. The highest BCUT2D eigenvalue weighted by Crippen LogP contribution is 2.17. The molecule has 0 spiro atoms. The van der Waals surface area contributed by atoms with Gasteiger partial charge in [-0.3, -0.25) is 14.4 Å². The summed E-state index contributed by atoms with van der Waals surface area (Å²) in [5, 5.41) is 0. The summed E-state index contributed by atoms with van der Waals surface area (Å²) in [5.41, 5.74) is 0. The molecule has 0 aromatic heterocycles. The number of rotatable bonds is 56. The molecule has 0 N–H and O–H groups in total. The average Bonchev–Trinajstić information content (AvgIpc) is 3.39. The molecule has 1 atom stereocenters. The molecule has 0 aromatic carbocycles. The lowest BCUT2D eigenvalue weighted by Crippen LogP contribution is -2.30. The molecule has 6 nitrogen and oxygen atoms in total. The molecule has 0 aliphatic carbocycles. The molecule has 1 unspecified atom stereocenters. The zero-order valence-electron chi connectivity index (χ0n) is 48.1. The van der Waals surface area contributed by atoms with Crippen molar-refractivity contribution in [1.82, 2.24) is 0 Å². The molecule has 0 aliphatic rings. The zero-order valence-corrected chi connectivity index (χ0v) is 48.1. The summed E-state index contributed by atoms with van der Waals surface area (Å²) in [7, 11) is 0. The summed E-state index contributed by atoms with van der Waals surface area (Å²) < 4.78 is 16.9. The molecule has 0 amide bonds. The molecule has 0 aromatic rings. The van der Waals surface area contributed by atoms with Crippen LogP contribution in [0.4, 0.5) is 0 Å². The van der Waals surface area contributed by atoms with Crippen LogP contribution >= 0.6 is 0 Å². The van der Waals surface area contributed by atoms with Gasteiger partial charge in [0.05, 0.1) is 0 Å². The predicted molar refractivity (Wildman–Crippen MR) is 316 cm³/mol. The van der Waals surface area contributed by atoms with Gasteiger partial charge >= 0.3 is 17.9 Å². The predicted octanol–water partition coefficient (Wildman–Crippen LogP) is 21.1. The van der Waals surface area contributed by atoms with Gasteiger partial charge in [-0.2, -0.15) is 0 Å². The molecule has 0 rings (SSSR count). The maximum atomic E-state index is 12.9. The second-order valence-electron chi connectivity index (χ2n) is 20.6. The van der Waals surface area contributed by atoms with Gasteiger partial charge in [-0.1, -0.05) is 279 Å². The molecule has 0 saturated heterocycles. The average molecular weight is 1020 g/mol. The molecule has 0 bridgehead atoms. The van der Waals surface area contributed by atoms with Crippen LogP contribution in [0.5, 0.6) is 0 Å². The van der Waals surface area contributed by atoms with Gasteiger partial charge in [-0.05, 0) is 89.9 Å². The first-order chi connectivity index (χ1) is 36.0. The molecule has 0 saturated carbocycles. The van der Waals surface area contributed by atoms with Crippen LogP contribution < -0.4 is 0 Å². The van der Waals surface area contributed by atoms with Gasteiger partial charge in [0.25, 0.3) is 0 Å². The highest BCUT2D eigenvalue weighted by atomic mass is 16.6. The monoisotopic (exact) mass is 1020 g/mol. The smallest absolute Gasteiger partial charge is 0.306 e. The molecular formula is C67H116O6. The number of unbranched alkanes of at least 4 members (excludes halogenated alkanes) is 31. The SMILES string of the molecule is CC/C=C\C/C=C\C/C=C\C/C=C\C/C=C\C/C=C\CCCCCCC(=O)OCC(COC(=O)CCCCCCC/C=C\CCC)OC(=O)CCCCCCCCCCCCCCCCCCCCCCCC. The van der Waals surface area contributed by atoms with Gasteiger partial charge < -0.3 is 14.2 Å². The van der Waals surface area contributed by atoms with Crippen LogP contribution in [0.2, 0.25) is 0 Å². The Hall–Kier alpha value is -3.41. The number of hydrogen-bond acceptors (Lipinski definition) is 6. The van der Waals surface area contributed by atoms with E-state index in [4.69, 9.17) is 14.2 Å². The van der Waals surface area contributed by atoms with E-state index in [-0.39, 0.29) is 31.1 Å². The second-order valence-corrected chi connectivity index (χ2v) is 20.6. The van der Waals surface area contributed by atoms with Crippen molar-refractivity contribution in [3.63, 3.8) is 0 Å². The van der Waals surface area contributed by atoms with Gasteiger partial charge in [0.15, 0.2) is 6.10 Å². The van der Waals surface area contributed by atoms with E-state index < -0.39 is 6.10 Å². The van der Waals surface area contributed by atoms with E-state index in [2.05, 4.69) is 106 Å². The number of carbonyl (C=O) groups excluding carboxylic acids is 3. The van der Waals surface area contributed by atoms with Crippen molar-refractivity contribution >= 4 is 17.9 Å². The molecule has 6 heteroatoms. The van der Waals surface area contributed by atoms with Crippen molar-refractivity contribution in [2.24, 2.45) is 0 Å². The fraction of sp³-hybridized carbons (Fsp3) is 0.746. The molecule has 0 radical (unpaired) electrons. The summed E-state index contributed by atoms with van der Waals surface area (Å²) in [6.07, 6.45) is 80.2. The summed E-state index contributed by atoms with van der Waals surface area (Å²) in [4.78, 5) is 38.2. The van der Waals surface area contributed by atoms with Gasteiger partial charge in [0, 0.05) is 19.3 Å². The summed E-state index contributed by atoms with van der Waals surface area (Å²) in [6, 6.07) is 0. The topological polar surface area (TPSA) is 78.9 Å². The van der Waals surface area contributed by atoms with Crippen LogP contribution in [0.3, 0.4) is 0 Å². The Labute approximate surface area is 452 Å². The number of carbonyl (C=O) groups is 3. The summed E-state index contributed by atoms with van der Waals surface area (Å²) in [6.45, 7) is 6.47. The molecule has 0 aliphatic heterocycles. The third-order valence-electron chi connectivity index (χ3n) is 13.4. The standard InChI is InChI=1S/C67H116O6/c1-4-7-10-13-16-19-22-24-26-28-30-32-34-36-37-39-41-43-45-48-51-54-57-60-66(69)72-63-64(62-71-65(68)59-56-53-50-47-21-18-15-12-9-6-3)73-67(70)61-58-55-52-49-46-44-42-40-38-35-33-31-29-27-25-23-20-17-14-11-8-5-2/h7,10,12,15-16,19,24,26,30,32,36-37,41,43,64H,4-6,8-9,11,13-14,17-18,20-23,25,27-29,31,33-35,38-40,42,44-63H2,1-3H3/b10-7-,15-12-,19-16-,26-24-,32-30-,37-36-,43-41-. The number of ether oxygens (including phenoxy) is 3. The Morgan fingerprint density at radius 2 is 0.562 bits per heavy atom. The van der Waals surface area contributed by atoms with E-state index in [9.17, 15) is 14.4 Å². The lowest BCUT2D eigenvalue weighted by Gasteiger charge is -2.18. The van der Waals surface area contributed by atoms with Gasteiger partial charge in [-0.25, -0.2) is 0 Å². The minimum Gasteiger partial charge on any atom is -0.462 e. The van der Waals surface area contributed by atoms with Gasteiger partial charge in [-0.15, -0.1) is 0 Å². The minimum absolute atomic E-state index is 0.0874. The molecular weight excluding hydrogens is 901 g/mol. The first kappa shape index (κ1) is 69.6. The third kappa shape index (κ3) is 59.3. The maximum absolute atomic E-state index is 12.9. The van der Waals surface area contributed by atoms with Crippen molar-refractivity contribution in [1.29, 1.82) is 0 Å². The Bertz CT molecular complexity index is 1400. The Kier molecular flexibility index (Phi) is 58.3. The van der Waals surface area contributed by atoms with Crippen molar-refractivity contribution in [3.8, 4) is 0 Å². The van der Waals surface area contributed by atoms with Crippen molar-refractivity contribution in [2.75, 3.05) is 13.2 Å². The fourth-order valence-electron chi connectivity index (χ4n) is 8.74. The molecule has 73 heavy (non-hydrogen) atoms. The lowest BCUT2D eigenvalue weighted by atomic mass is 10.0. The first-order valence-electron chi connectivity index (χ1n) is 31.1. The highest BCUT2D eigenvalue weighted by Gasteiger charge is 2.19. The van der Waals surface area contributed by atoms with E-state index >= 15 is 0 Å². The molecule has 420 valence electrons. The van der Waals surface area contributed by atoms with E-state index in [1.165, 1.54) is 141 Å². The molecule has 0 fully saturated rings. The fourth-order valence-corrected chi connectivity index (χ4v) is 8.74. The summed E-state index contributed by atoms with van der Waals surface area (Å²) in [5.74, 6) is -0.912. The van der Waals surface area contributed by atoms with Gasteiger partial charge in [0.1, 0.15) is 13.2 Å². The van der Waals surface area contributed by atoms with E-state index in [0.717, 1.165) is 122 Å². The highest BCUT2D eigenvalue weighted by molar-refractivity contribution is 5.71. The Morgan fingerprint density at radius 3 is 0.904 bits per heavy atom. The van der Waals surface area contributed by atoms with E-state index in [1.54, 1.807) is 0 Å². The van der Waals surface area contributed by atoms with Crippen molar-refractivity contribution < 1.29 is 28.6 Å². The second kappa shape index (κ2) is 61.1. The number of allylic oxidation sites excluding steroid dienone is 14. The van der Waals surface area contributed by atoms with Crippen molar-refractivity contribution in [3.05, 3.63) is 85.1 Å². The minimum atomic E-state index is -0.790. The van der Waals surface area contributed by atoms with Crippen LogP contribution in [-0.4, -0.2) is 37.2 Å². The largest absolute Gasteiger partial charge is 0.462 e. The van der Waals surface area contributed by atoms with Crippen LogP contribution in [0.15, 0.2) is 85.1 Å². The third-order valence-corrected chi connectivity index (χ3v) is 13.4. The van der Waals surface area contributed by atoms with Crippen LogP contribution in [0.25, 0.3) is 0 Å².